The van der Waals surface area contributed by atoms with Crippen molar-refractivity contribution in [3.05, 3.63) is 29.8 Å². The van der Waals surface area contributed by atoms with Crippen molar-refractivity contribution >= 4 is 11.5 Å². The highest BCUT2D eigenvalue weighted by Gasteiger charge is 2.24. The molecule has 1 fully saturated rings. The number of rotatable bonds is 4. The lowest BCUT2D eigenvalue weighted by molar-refractivity contribution is -0.117. The molecule has 17 heavy (non-hydrogen) atoms. The fourth-order valence-corrected chi connectivity index (χ4v) is 2.23. The fourth-order valence-electron chi connectivity index (χ4n) is 2.23. The molecule has 0 bridgehead atoms. The first kappa shape index (κ1) is 12.1. The van der Waals surface area contributed by atoms with Gasteiger partial charge in [-0.15, -0.1) is 0 Å². The Kier molecular flexibility index (Phi) is 3.48. The van der Waals surface area contributed by atoms with E-state index in [2.05, 4.69) is 36.1 Å². The number of aliphatic hydroxyl groups is 1. The number of anilines is 1. The number of hydrogen-bond acceptors (Lipinski definition) is 3. The molecule has 0 unspecified atom stereocenters. The minimum absolute atomic E-state index is 0.175. The number of carbonyl (C=O) groups excluding carboxylic acids is 1. The normalized spacial score (nSPS) is 17.7. The topological polar surface area (TPSA) is 40.5 Å². The van der Waals surface area contributed by atoms with E-state index in [1.165, 1.54) is 5.56 Å². The van der Waals surface area contributed by atoms with E-state index in [0.717, 1.165) is 18.8 Å². The maximum Gasteiger partial charge on any atom is 0.130 e. The van der Waals surface area contributed by atoms with Crippen LogP contribution >= 0.6 is 0 Å². The van der Waals surface area contributed by atoms with E-state index in [1.807, 2.05) is 0 Å². The molecule has 1 aromatic rings. The summed E-state index contributed by atoms with van der Waals surface area (Å²) in [7, 11) is 0. The average Bonchev–Trinajstić information content (AvgIpc) is 2.24. The van der Waals surface area contributed by atoms with E-state index >= 15 is 0 Å². The van der Waals surface area contributed by atoms with Gasteiger partial charge in [0.1, 0.15) is 5.78 Å². The Balaban J connectivity index is 2.00. The van der Waals surface area contributed by atoms with Gasteiger partial charge in [-0.1, -0.05) is 19.1 Å². The van der Waals surface area contributed by atoms with Crippen LogP contribution in [0.2, 0.25) is 0 Å². The Hall–Kier alpha value is -1.35. The molecular weight excluding hydrogens is 214 g/mol. The standard InChI is InChI=1S/C14H19NO2/c1-10(7-11(2)16)12-3-5-13(6-4-12)15-8-14(17)9-15/h3-6,10,14,17H,7-9H2,1-2H3/t10-/m1/s1. The van der Waals surface area contributed by atoms with Crippen LogP contribution in [0.4, 0.5) is 5.69 Å². The molecule has 3 heteroatoms. The maximum absolute atomic E-state index is 11.1. The van der Waals surface area contributed by atoms with E-state index in [-0.39, 0.29) is 17.8 Å². The third-order valence-electron chi connectivity index (χ3n) is 3.28. The lowest BCUT2D eigenvalue weighted by atomic mass is 9.95. The van der Waals surface area contributed by atoms with Gasteiger partial charge < -0.3 is 14.8 Å². The van der Waals surface area contributed by atoms with Crippen molar-refractivity contribution in [3.8, 4) is 0 Å². The minimum Gasteiger partial charge on any atom is -0.389 e. The summed E-state index contributed by atoms with van der Waals surface area (Å²) in [4.78, 5) is 13.2. The largest absolute Gasteiger partial charge is 0.389 e. The van der Waals surface area contributed by atoms with Gasteiger partial charge in [0.2, 0.25) is 0 Å². The van der Waals surface area contributed by atoms with Gasteiger partial charge in [0.05, 0.1) is 6.10 Å². The van der Waals surface area contributed by atoms with Crippen molar-refractivity contribution < 1.29 is 9.90 Å². The Bertz CT molecular complexity index is 393. The van der Waals surface area contributed by atoms with Gasteiger partial charge in [-0.05, 0) is 30.5 Å². The highest BCUT2D eigenvalue weighted by atomic mass is 16.3. The number of carbonyl (C=O) groups is 1. The third-order valence-corrected chi connectivity index (χ3v) is 3.28. The first-order valence-corrected chi connectivity index (χ1v) is 6.08. The van der Waals surface area contributed by atoms with Crippen LogP contribution in [0.5, 0.6) is 0 Å². The van der Waals surface area contributed by atoms with Crippen LogP contribution in [0.3, 0.4) is 0 Å². The van der Waals surface area contributed by atoms with E-state index in [0.29, 0.717) is 6.42 Å². The van der Waals surface area contributed by atoms with Gasteiger partial charge in [-0.2, -0.15) is 0 Å². The molecule has 0 amide bonds. The van der Waals surface area contributed by atoms with Gasteiger partial charge in [0.25, 0.3) is 0 Å². The Morgan fingerprint density at radius 3 is 2.47 bits per heavy atom. The summed E-state index contributed by atoms with van der Waals surface area (Å²) in [6.45, 7) is 5.15. The number of hydrogen-bond donors (Lipinski definition) is 1. The van der Waals surface area contributed by atoms with Gasteiger partial charge in [-0.25, -0.2) is 0 Å². The zero-order chi connectivity index (χ0) is 12.4. The fraction of sp³-hybridized carbons (Fsp3) is 0.500. The SMILES string of the molecule is CC(=O)C[C@@H](C)c1ccc(N2CC(O)C2)cc1. The summed E-state index contributed by atoms with van der Waals surface area (Å²) in [5.41, 5.74) is 2.35. The summed E-state index contributed by atoms with van der Waals surface area (Å²) in [6, 6.07) is 8.29. The van der Waals surface area contributed by atoms with Crippen LogP contribution in [0, 0.1) is 0 Å². The van der Waals surface area contributed by atoms with E-state index in [1.54, 1.807) is 6.92 Å². The first-order chi connectivity index (χ1) is 8.06. The number of Topliss-reactive ketones (excluding diaryl/α,β-unsaturated/α-hetero) is 1. The summed E-state index contributed by atoms with van der Waals surface area (Å²) < 4.78 is 0. The summed E-state index contributed by atoms with van der Waals surface area (Å²) in [5, 5.41) is 9.24. The van der Waals surface area contributed by atoms with Crippen LogP contribution in [0.25, 0.3) is 0 Å². The minimum atomic E-state index is -0.175. The molecule has 1 heterocycles. The molecule has 0 saturated carbocycles. The molecule has 0 radical (unpaired) electrons. The van der Waals surface area contributed by atoms with Crippen LogP contribution in [-0.2, 0) is 4.79 Å². The van der Waals surface area contributed by atoms with Crippen LogP contribution in [-0.4, -0.2) is 30.1 Å². The smallest absolute Gasteiger partial charge is 0.130 e. The predicted molar refractivity (Wildman–Crippen MR) is 68.4 cm³/mol. The molecule has 0 aliphatic carbocycles. The van der Waals surface area contributed by atoms with E-state index in [4.69, 9.17) is 0 Å². The second-order valence-corrected chi connectivity index (χ2v) is 4.96. The Morgan fingerprint density at radius 2 is 2.00 bits per heavy atom. The molecule has 1 saturated heterocycles. The zero-order valence-electron chi connectivity index (χ0n) is 10.4. The zero-order valence-corrected chi connectivity index (χ0v) is 10.4. The molecule has 1 aliphatic rings. The van der Waals surface area contributed by atoms with Crippen LogP contribution < -0.4 is 4.90 Å². The van der Waals surface area contributed by atoms with Crippen LogP contribution in [0.1, 0.15) is 31.7 Å². The molecule has 92 valence electrons. The van der Waals surface area contributed by atoms with Gasteiger partial charge in [0.15, 0.2) is 0 Å². The first-order valence-electron chi connectivity index (χ1n) is 6.08. The molecular formula is C14H19NO2. The summed E-state index contributed by atoms with van der Waals surface area (Å²) in [6.07, 6.45) is 0.424. The summed E-state index contributed by atoms with van der Waals surface area (Å²) >= 11 is 0. The van der Waals surface area contributed by atoms with E-state index < -0.39 is 0 Å². The van der Waals surface area contributed by atoms with E-state index in [9.17, 15) is 9.90 Å². The second-order valence-electron chi connectivity index (χ2n) is 4.96. The van der Waals surface area contributed by atoms with Crippen molar-refractivity contribution in [2.45, 2.75) is 32.3 Å². The van der Waals surface area contributed by atoms with Crippen molar-refractivity contribution in [1.29, 1.82) is 0 Å². The number of ketones is 1. The van der Waals surface area contributed by atoms with Gasteiger partial charge in [-0.3, -0.25) is 0 Å². The number of nitrogens with zero attached hydrogens (tertiary/aromatic N) is 1. The number of benzene rings is 1. The lowest BCUT2D eigenvalue weighted by Crippen LogP contribution is -2.50. The molecule has 3 nitrogen and oxygen atoms in total. The van der Waals surface area contributed by atoms with Crippen molar-refractivity contribution in [2.75, 3.05) is 18.0 Å². The monoisotopic (exact) mass is 233 g/mol. The molecule has 0 spiro atoms. The number of β-amino-alcohol motifs (C(OH)–C–C–N with tert-alkyl or cyclic N) is 1. The average molecular weight is 233 g/mol. The van der Waals surface area contributed by atoms with Crippen molar-refractivity contribution in [3.63, 3.8) is 0 Å². The molecule has 0 aromatic heterocycles. The lowest BCUT2D eigenvalue weighted by Gasteiger charge is -2.38. The second kappa shape index (κ2) is 4.88. The molecule has 1 N–H and O–H groups in total. The predicted octanol–water partition coefficient (Wildman–Crippen LogP) is 1.95. The molecule has 1 aliphatic heterocycles. The van der Waals surface area contributed by atoms with Crippen molar-refractivity contribution in [2.24, 2.45) is 0 Å². The third kappa shape index (κ3) is 2.86. The number of aliphatic hydroxyl groups excluding tert-OH is 1. The maximum atomic E-state index is 11.1. The van der Waals surface area contributed by atoms with Crippen LogP contribution in [0.15, 0.2) is 24.3 Å². The Morgan fingerprint density at radius 1 is 1.41 bits per heavy atom. The molecule has 1 aromatic carbocycles. The highest BCUT2D eigenvalue weighted by Crippen LogP contribution is 2.25. The van der Waals surface area contributed by atoms with Crippen molar-refractivity contribution in [1.82, 2.24) is 0 Å². The van der Waals surface area contributed by atoms with Gasteiger partial charge >= 0.3 is 0 Å². The quantitative estimate of drug-likeness (QED) is 0.864. The Labute approximate surface area is 102 Å². The summed E-state index contributed by atoms with van der Waals surface area (Å²) in [5.74, 6) is 0.510. The molecule has 1 atom stereocenters. The van der Waals surface area contributed by atoms with Gasteiger partial charge in [0, 0.05) is 25.2 Å². The molecule has 2 rings (SSSR count). The highest BCUT2D eigenvalue weighted by molar-refractivity contribution is 5.76.